The van der Waals surface area contributed by atoms with Crippen molar-refractivity contribution in [2.24, 2.45) is 0 Å². The van der Waals surface area contributed by atoms with E-state index in [1.807, 2.05) is 0 Å². The summed E-state index contributed by atoms with van der Waals surface area (Å²) in [4.78, 5) is 12.5. The molecule has 2 rings (SSSR count). The van der Waals surface area contributed by atoms with Crippen LogP contribution in [0.4, 0.5) is 5.69 Å². The molecule has 28 heavy (non-hydrogen) atoms. The van der Waals surface area contributed by atoms with E-state index in [1.54, 1.807) is 36.9 Å². The Morgan fingerprint density at radius 2 is 1.75 bits per heavy atom. The summed E-state index contributed by atoms with van der Waals surface area (Å²) >= 11 is 7.59. The van der Waals surface area contributed by atoms with E-state index in [-0.39, 0.29) is 15.5 Å². The number of hydrogen-bond donors (Lipinski definition) is 2. The Morgan fingerprint density at radius 1 is 1.11 bits per heavy atom. The zero-order valence-corrected chi connectivity index (χ0v) is 18.8. The van der Waals surface area contributed by atoms with Gasteiger partial charge in [0.1, 0.15) is 0 Å². The van der Waals surface area contributed by atoms with Gasteiger partial charge in [-0.15, -0.1) is 0 Å². The van der Waals surface area contributed by atoms with Crippen molar-refractivity contribution in [3.05, 3.63) is 58.6 Å². The van der Waals surface area contributed by atoms with E-state index in [0.717, 1.165) is 11.3 Å². The van der Waals surface area contributed by atoms with E-state index in [2.05, 4.69) is 30.8 Å². The van der Waals surface area contributed by atoms with E-state index in [1.165, 1.54) is 24.3 Å². The quantitative estimate of drug-likeness (QED) is 0.611. The van der Waals surface area contributed by atoms with Crippen LogP contribution in [0.3, 0.4) is 0 Å². The van der Waals surface area contributed by atoms with Crippen LogP contribution >= 0.6 is 23.4 Å². The molecule has 2 N–H and O–H groups in total. The molecular formula is C20H25ClN2O3S2. The van der Waals surface area contributed by atoms with Crippen molar-refractivity contribution in [3.63, 3.8) is 0 Å². The number of hydrogen-bond acceptors (Lipinski definition) is 4. The molecule has 0 aliphatic rings. The average Bonchev–Trinajstić information content (AvgIpc) is 2.60. The number of carbonyl (C=O) groups is 1. The van der Waals surface area contributed by atoms with E-state index in [9.17, 15) is 13.2 Å². The summed E-state index contributed by atoms with van der Waals surface area (Å²) in [5.41, 5.74) is 1.49. The predicted molar refractivity (Wildman–Crippen MR) is 118 cm³/mol. The predicted octanol–water partition coefficient (Wildman–Crippen LogP) is 4.71. The molecule has 8 heteroatoms. The molecule has 0 saturated heterocycles. The minimum Gasteiger partial charge on any atom is -0.351 e. The van der Waals surface area contributed by atoms with Gasteiger partial charge in [0, 0.05) is 27.6 Å². The fraction of sp³-hybridized carbons (Fsp3) is 0.350. The Balaban J connectivity index is 2.10. The van der Waals surface area contributed by atoms with E-state index >= 15 is 0 Å². The second-order valence-corrected chi connectivity index (χ2v) is 11.3. The fourth-order valence-electron chi connectivity index (χ4n) is 2.31. The summed E-state index contributed by atoms with van der Waals surface area (Å²) in [7, 11) is -3.78. The van der Waals surface area contributed by atoms with Crippen LogP contribution in [-0.2, 0) is 10.0 Å². The monoisotopic (exact) mass is 440 g/mol. The molecule has 2 aromatic rings. The maximum absolute atomic E-state index is 12.6. The first-order chi connectivity index (χ1) is 13.0. The molecule has 1 amide bonds. The number of thioether (sulfide) groups is 1. The molecule has 0 aliphatic heterocycles. The molecule has 2 aromatic carbocycles. The summed E-state index contributed by atoms with van der Waals surface area (Å²) < 4.78 is 27.9. The van der Waals surface area contributed by atoms with Gasteiger partial charge in [-0.1, -0.05) is 38.4 Å². The van der Waals surface area contributed by atoms with Gasteiger partial charge >= 0.3 is 0 Å². The highest BCUT2D eigenvalue weighted by molar-refractivity contribution is 8.00. The Labute approximate surface area is 176 Å². The first-order valence-electron chi connectivity index (χ1n) is 8.79. The maximum Gasteiger partial charge on any atom is 0.261 e. The number of halogens is 1. The molecular weight excluding hydrogens is 416 g/mol. The molecule has 0 bridgehead atoms. The normalized spacial score (nSPS) is 11.9. The highest BCUT2D eigenvalue weighted by Crippen LogP contribution is 2.23. The fourth-order valence-corrected chi connectivity index (χ4v) is 4.38. The van der Waals surface area contributed by atoms with Crippen molar-refractivity contribution in [2.75, 3.05) is 17.0 Å². The number of anilines is 1. The van der Waals surface area contributed by atoms with Gasteiger partial charge in [0.2, 0.25) is 0 Å². The van der Waals surface area contributed by atoms with Gasteiger partial charge in [-0.2, -0.15) is 11.8 Å². The smallest absolute Gasteiger partial charge is 0.261 e. The van der Waals surface area contributed by atoms with Crippen LogP contribution in [-0.4, -0.2) is 31.4 Å². The minimum absolute atomic E-state index is 0.102. The van der Waals surface area contributed by atoms with Crippen molar-refractivity contribution < 1.29 is 13.2 Å². The minimum atomic E-state index is -3.78. The van der Waals surface area contributed by atoms with Crippen LogP contribution in [0.5, 0.6) is 0 Å². The lowest BCUT2D eigenvalue weighted by atomic mass is 10.1. The standard InChI is InChI=1S/C20H25ClN2O3S2/c1-14-5-6-15(19(24)22-11-12-27-20(2,3)4)13-18(14)23-28(25,26)17-9-7-16(21)8-10-17/h5-10,13,23H,11-12H2,1-4H3,(H,22,24). The van der Waals surface area contributed by atoms with Gasteiger partial charge in [0.05, 0.1) is 10.6 Å². The lowest BCUT2D eigenvalue weighted by Crippen LogP contribution is -2.27. The maximum atomic E-state index is 12.6. The van der Waals surface area contributed by atoms with Crippen molar-refractivity contribution in [1.29, 1.82) is 0 Å². The van der Waals surface area contributed by atoms with Crippen molar-refractivity contribution in [3.8, 4) is 0 Å². The van der Waals surface area contributed by atoms with Crippen LogP contribution in [0.15, 0.2) is 47.4 Å². The van der Waals surface area contributed by atoms with E-state index < -0.39 is 10.0 Å². The van der Waals surface area contributed by atoms with E-state index in [4.69, 9.17) is 11.6 Å². The number of carbonyl (C=O) groups excluding carboxylic acids is 1. The van der Waals surface area contributed by atoms with Crippen LogP contribution < -0.4 is 10.0 Å². The summed E-state index contributed by atoms with van der Waals surface area (Å²) in [6, 6.07) is 10.9. The molecule has 0 unspecified atom stereocenters. The zero-order valence-electron chi connectivity index (χ0n) is 16.4. The number of aryl methyl sites for hydroxylation is 1. The van der Waals surface area contributed by atoms with Gasteiger partial charge in [0.25, 0.3) is 15.9 Å². The Kier molecular flexibility index (Phi) is 7.42. The van der Waals surface area contributed by atoms with Crippen LogP contribution in [0.1, 0.15) is 36.7 Å². The number of benzene rings is 2. The third-order valence-corrected chi connectivity index (χ3v) is 6.70. The zero-order chi connectivity index (χ0) is 20.9. The summed E-state index contributed by atoms with van der Waals surface area (Å²) in [6.45, 7) is 8.69. The van der Waals surface area contributed by atoms with E-state index in [0.29, 0.717) is 22.8 Å². The topological polar surface area (TPSA) is 75.3 Å². The third kappa shape index (κ3) is 6.72. The summed E-state index contributed by atoms with van der Waals surface area (Å²) in [5, 5.41) is 3.32. The van der Waals surface area contributed by atoms with Gasteiger partial charge in [-0.05, 0) is 48.9 Å². The van der Waals surface area contributed by atoms with Crippen molar-refractivity contribution in [1.82, 2.24) is 5.32 Å². The molecule has 0 spiro atoms. The van der Waals surface area contributed by atoms with Gasteiger partial charge in [-0.25, -0.2) is 8.42 Å². The largest absolute Gasteiger partial charge is 0.351 e. The second-order valence-electron chi connectivity index (χ2n) is 7.31. The Morgan fingerprint density at radius 3 is 2.36 bits per heavy atom. The van der Waals surface area contributed by atoms with Gasteiger partial charge in [0.15, 0.2) is 0 Å². The average molecular weight is 441 g/mol. The molecule has 152 valence electrons. The lowest BCUT2D eigenvalue weighted by Gasteiger charge is -2.17. The van der Waals surface area contributed by atoms with Crippen LogP contribution in [0, 0.1) is 6.92 Å². The van der Waals surface area contributed by atoms with Crippen LogP contribution in [0.2, 0.25) is 5.02 Å². The van der Waals surface area contributed by atoms with Crippen LogP contribution in [0.25, 0.3) is 0 Å². The Hall–Kier alpha value is -1.70. The number of amides is 1. The second kappa shape index (κ2) is 9.20. The van der Waals surface area contributed by atoms with Crippen molar-refractivity contribution >= 4 is 45.0 Å². The lowest BCUT2D eigenvalue weighted by molar-refractivity contribution is 0.0956. The number of sulfonamides is 1. The molecule has 0 radical (unpaired) electrons. The molecule has 0 saturated carbocycles. The molecule has 0 fully saturated rings. The summed E-state index contributed by atoms with van der Waals surface area (Å²) in [5.74, 6) is 0.568. The first-order valence-corrected chi connectivity index (χ1v) is 11.6. The number of rotatable bonds is 7. The molecule has 0 atom stereocenters. The first kappa shape index (κ1) is 22.6. The number of nitrogens with one attached hydrogen (secondary N) is 2. The molecule has 0 heterocycles. The highest BCUT2D eigenvalue weighted by Gasteiger charge is 2.17. The Bertz CT molecular complexity index is 937. The third-order valence-electron chi connectivity index (χ3n) is 3.79. The molecule has 0 aliphatic carbocycles. The highest BCUT2D eigenvalue weighted by atomic mass is 35.5. The van der Waals surface area contributed by atoms with Gasteiger partial charge in [-0.3, -0.25) is 9.52 Å². The SMILES string of the molecule is Cc1ccc(C(=O)NCCSC(C)(C)C)cc1NS(=O)(=O)c1ccc(Cl)cc1. The summed E-state index contributed by atoms with van der Waals surface area (Å²) in [6.07, 6.45) is 0. The van der Waals surface area contributed by atoms with Gasteiger partial charge < -0.3 is 5.32 Å². The van der Waals surface area contributed by atoms with Crippen molar-refractivity contribution in [2.45, 2.75) is 37.3 Å². The molecule has 5 nitrogen and oxygen atoms in total. The molecule has 0 aromatic heterocycles.